The first-order chi connectivity index (χ1) is 9.96. The van der Waals surface area contributed by atoms with E-state index in [0.717, 1.165) is 0 Å². The second-order valence-corrected chi connectivity index (χ2v) is 7.34. The summed E-state index contributed by atoms with van der Waals surface area (Å²) in [5.41, 5.74) is 0.539. The van der Waals surface area contributed by atoms with Crippen molar-refractivity contribution in [2.45, 2.75) is 12.5 Å². The molecule has 1 unspecified atom stereocenters. The number of ketones is 1. The van der Waals surface area contributed by atoms with Gasteiger partial charge in [-0.05, 0) is 18.6 Å². The first-order valence-electron chi connectivity index (χ1n) is 6.53. The predicted octanol–water partition coefficient (Wildman–Crippen LogP) is 1.18. The van der Waals surface area contributed by atoms with E-state index in [2.05, 4.69) is 5.10 Å². The third-order valence-corrected chi connectivity index (χ3v) is 5.35. The molecule has 1 aliphatic heterocycles. The van der Waals surface area contributed by atoms with Crippen molar-refractivity contribution in [3.8, 4) is 5.75 Å². The second kappa shape index (κ2) is 5.00. The molecular formula is C14H14N2O4S. The van der Waals surface area contributed by atoms with Crippen LogP contribution >= 0.6 is 0 Å². The van der Waals surface area contributed by atoms with Gasteiger partial charge < -0.3 is 5.11 Å². The molecular weight excluding hydrogens is 292 g/mol. The smallest absolute Gasteiger partial charge is 0.199 e. The summed E-state index contributed by atoms with van der Waals surface area (Å²) in [5, 5.41) is 13.8. The molecule has 0 aliphatic carbocycles. The van der Waals surface area contributed by atoms with Gasteiger partial charge in [0.05, 0.1) is 34.9 Å². The van der Waals surface area contributed by atoms with Crippen LogP contribution in [0.2, 0.25) is 0 Å². The van der Waals surface area contributed by atoms with Crippen LogP contribution in [-0.2, 0) is 9.84 Å². The molecule has 7 heteroatoms. The van der Waals surface area contributed by atoms with Crippen molar-refractivity contribution in [2.24, 2.45) is 0 Å². The van der Waals surface area contributed by atoms with Crippen LogP contribution in [0, 0.1) is 0 Å². The minimum absolute atomic E-state index is 0.0545. The number of rotatable bonds is 3. The standard InChI is InChI=1S/C14H14N2O4S/c17-13-4-2-1-3-12(13)14(18)10-7-15-16(8-10)11-5-6-21(19,20)9-11/h1-4,7-8,11,17H,5-6,9H2. The number of phenols is 1. The summed E-state index contributed by atoms with van der Waals surface area (Å²) in [5.74, 6) is -0.210. The Bertz CT molecular complexity index is 795. The van der Waals surface area contributed by atoms with Gasteiger partial charge in [0.15, 0.2) is 15.6 Å². The summed E-state index contributed by atoms with van der Waals surface area (Å²) in [6.45, 7) is 0. The van der Waals surface area contributed by atoms with Gasteiger partial charge >= 0.3 is 0 Å². The van der Waals surface area contributed by atoms with Crippen molar-refractivity contribution in [1.29, 1.82) is 0 Å². The van der Waals surface area contributed by atoms with Crippen LogP contribution in [0.1, 0.15) is 28.4 Å². The summed E-state index contributed by atoms with van der Waals surface area (Å²) < 4.78 is 24.5. The Labute approximate surface area is 121 Å². The van der Waals surface area contributed by atoms with Crippen molar-refractivity contribution < 1.29 is 18.3 Å². The maximum Gasteiger partial charge on any atom is 0.199 e. The van der Waals surface area contributed by atoms with Crippen molar-refractivity contribution in [3.63, 3.8) is 0 Å². The third kappa shape index (κ3) is 2.69. The van der Waals surface area contributed by atoms with Crippen LogP contribution in [0.25, 0.3) is 0 Å². The summed E-state index contributed by atoms with van der Waals surface area (Å²) >= 11 is 0. The van der Waals surface area contributed by atoms with Crippen molar-refractivity contribution in [3.05, 3.63) is 47.8 Å². The summed E-state index contributed by atoms with van der Waals surface area (Å²) in [6.07, 6.45) is 3.45. The number of para-hydroxylation sites is 1. The lowest BCUT2D eigenvalue weighted by molar-refractivity contribution is 0.103. The minimum atomic E-state index is -3.00. The number of phenolic OH excluding ortho intramolecular Hbond substituents is 1. The number of hydrogen-bond donors (Lipinski definition) is 1. The van der Waals surface area contributed by atoms with Gasteiger partial charge in [-0.1, -0.05) is 12.1 Å². The molecule has 1 fully saturated rings. The Morgan fingerprint density at radius 3 is 2.76 bits per heavy atom. The Balaban J connectivity index is 1.86. The maximum absolute atomic E-state index is 12.3. The van der Waals surface area contributed by atoms with Gasteiger partial charge in [-0.2, -0.15) is 5.10 Å². The van der Waals surface area contributed by atoms with E-state index in [0.29, 0.717) is 12.0 Å². The van der Waals surface area contributed by atoms with Gasteiger partial charge in [-0.25, -0.2) is 8.42 Å². The van der Waals surface area contributed by atoms with E-state index >= 15 is 0 Å². The van der Waals surface area contributed by atoms with Crippen LogP contribution in [-0.4, -0.2) is 40.6 Å². The Kier molecular flexibility index (Phi) is 3.29. The fourth-order valence-corrected chi connectivity index (χ4v) is 4.16. The van der Waals surface area contributed by atoms with Gasteiger partial charge in [0.25, 0.3) is 0 Å². The Morgan fingerprint density at radius 2 is 2.10 bits per heavy atom. The average Bonchev–Trinajstić information content (AvgIpc) is 3.05. The highest BCUT2D eigenvalue weighted by molar-refractivity contribution is 7.91. The first kappa shape index (κ1) is 13.8. The number of nitrogens with zero attached hydrogens (tertiary/aromatic N) is 2. The molecule has 0 bridgehead atoms. The Morgan fingerprint density at radius 1 is 1.33 bits per heavy atom. The van der Waals surface area contributed by atoms with E-state index in [4.69, 9.17) is 0 Å². The second-order valence-electron chi connectivity index (χ2n) is 5.11. The molecule has 0 radical (unpaired) electrons. The zero-order chi connectivity index (χ0) is 15.0. The number of sulfone groups is 1. The average molecular weight is 306 g/mol. The van der Waals surface area contributed by atoms with E-state index in [1.807, 2.05) is 0 Å². The predicted molar refractivity (Wildman–Crippen MR) is 76.1 cm³/mol. The summed E-state index contributed by atoms with van der Waals surface area (Å²) in [4.78, 5) is 12.3. The molecule has 0 spiro atoms. The normalized spacial score (nSPS) is 20.5. The molecule has 0 amide bonds. The fourth-order valence-electron chi connectivity index (χ4n) is 2.46. The van der Waals surface area contributed by atoms with Gasteiger partial charge in [0.2, 0.25) is 0 Å². The summed E-state index contributed by atoms with van der Waals surface area (Å²) in [6, 6.07) is 6.07. The third-order valence-electron chi connectivity index (χ3n) is 3.59. The fraction of sp³-hybridized carbons (Fsp3) is 0.286. The highest BCUT2D eigenvalue weighted by Crippen LogP contribution is 2.24. The molecule has 1 N–H and O–H groups in total. The van der Waals surface area contributed by atoms with Crippen molar-refractivity contribution in [2.75, 3.05) is 11.5 Å². The van der Waals surface area contributed by atoms with E-state index in [1.165, 1.54) is 23.0 Å². The molecule has 1 aromatic heterocycles. The van der Waals surface area contributed by atoms with Crippen LogP contribution < -0.4 is 0 Å². The van der Waals surface area contributed by atoms with Crippen LogP contribution in [0.5, 0.6) is 5.75 Å². The van der Waals surface area contributed by atoms with Crippen LogP contribution in [0.4, 0.5) is 0 Å². The summed E-state index contributed by atoms with van der Waals surface area (Å²) in [7, 11) is -3.00. The van der Waals surface area contributed by atoms with Crippen LogP contribution in [0.15, 0.2) is 36.7 Å². The van der Waals surface area contributed by atoms with Crippen LogP contribution in [0.3, 0.4) is 0 Å². The largest absolute Gasteiger partial charge is 0.507 e. The zero-order valence-corrected chi connectivity index (χ0v) is 12.0. The number of benzene rings is 1. The van der Waals surface area contributed by atoms with Gasteiger partial charge in [-0.3, -0.25) is 9.48 Å². The van der Waals surface area contributed by atoms with E-state index in [1.54, 1.807) is 18.3 Å². The number of carbonyl (C=O) groups excluding carboxylic acids is 1. The molecule has 110 valence electrons. The molecule has 21 heavy (non-hydrogen) atoms. The number of hydrogen-bond acceptors (Lipinski definition) is 5. The molecule has 3 rings (SSSR count). The molecule has 2 aromatic rings. The number of aromatic hydroxyl groups is 1. The molecule has 6 nitrogen and oxygen atoms in total. The van der Waals surface area contributed by atoms with Gasteiger partial charge in [0, 0.05) is 6.20 Å². The molecule has 2 heterocycles. The van der Waals surface area contributed by atoms with Gasteiger partial charge in [0.1, 0.15) is 5.75 Å². The Hall–Kier alpha value is -2.15. The highest BCUT2D eigenvalue weighted by Gasteiger charge is 2.30. The van der Waals surface area contributed by atoms with Gasteiger partial charge in [-0.15, -0.1) is 0 Å². The molecule has 1 atom stereocenters. The number of carbonyl (C=O) groups is 1. The maximum atomic E-state index is 12.3. The minimum Gasteiger partial charge on any atom is -0.507 e. The first-order valence-corrected chi connectivity index (χ1v) is 8.36. The van der Waals surface area contributed by atoms with E-state index in [9.17, 15) is 18.3 Å². The lowest BCUT2D eigenvalue weighted by atomic mass is 10.1. The molecule has 1 aromatic carbocycles. The topological polar surface area (TPSA) is 89.3 Å². The molecule has 0 saturated carbocycles. The SMILES string of the molecule is O=C(c1cnn(C2CCS(=O)(=O)C2)c1)c1ccccc1O. The lowest BCUT2D eigenvalue weighted by Gasteiger charge is -2.07. The highest BCUT2D eigenvalue weighted by atomic mass is 32.2. The monoisotopic (exact) mass is 306 g/mol. The number of aromatic nitrogens is 2. The van der Waals surface area contributed by atoms with Crippen molar-refractivity contribution in [1.82, 2.24) is 9.78 Å². The van der Waals surface area contributed by atoms with E-state index in [-0.39, 0.29) is 34.6 Å². The quantitative estimate of drug-likeness (QED) is 0.860. The van der Waals surface area contributed by atoms with E-state index < -0.39 is 9.84 Å². The zero-order valence-electron chi connectivity index (χ0n) is 11.1. The lowest BCUT2D eigenvalue weighted by Crippen LogP contribution is -2.11. The van der Waals surface area contributed by atoms with Crippen molar-refractivity contribution >= 4 is 15.6 Å². The molecule has 1 saturated heterocycles. The molecule has 1 aliphatic rings.